The minimum atomic E-state index is -0.341. The van der Waals surface area contributed by atoms with Crippen LogP contribution in [0.4, 0.5) is 10.1 Å². The maximum absolute atomic E-state index is 13.3. The molecule has 3 heteroatoms. The van der Waals surface area contributed by atoms with Crippen LogP contribution >= 0.6 is 0 Å². The SMILES string of the molecule is CCC(C)C(C#N)Nc1ccccc1F. The number of para-hydroxylation sites is 1. The number of hydrogen-bond acceptors (Lipinski definition) is 2. The Hall–Kier alpha value is -1.56. The molecule has 0 aliphatic heterocycles. The lowest BCUT2D eigenvalue weighted by Gasteiger charge is -2.18. The van der Waals surface area contributed by atoms with Crippen molar-refractivity contribution in [1.82, 2.24) is 0 Å². The van der Waals surface area contributed by atoms with Crippen molar-refractivity contribution in [3.8, 4) is 6.07 Å². The summed E-state index contributed by atoms with van der Waals surface area (Å²) >= 11 is 0. The third-order valence-electron chi connectivity index (χ3n) is 2.54. The van der Waals surface area contributed by atoms with Crippen LogP contribution in [-0.4, -0.2) is 6.04 Å². The van der Waals surface area contributed by atoms with Gasteiger partial charge in [-0.1, -0.05) is 32.4 Å². The van der Waals surface area contributed by atoms with Crippen molar-refractivity contribution in [2.24, 2.45) is 5.92 Å². The van der Waals surface area contributed by atoms with Crippen molar-refractivity contribution < 1.29 is 4.39 Å². The fourth-order valence-corrected chi connectivity index (χ4v) is 1.28. The fraction of sp³-hybridized carbons (Fsp3) is 0.417. The first-order valence-corrected chi connectivity index (χ1v) is 5.09. The molecule has 0 amide bonds. The third-order valence-corrected chi connectivity index (χ3v) is 2.54. The van der Waals surface area contributed by atoms with Gasteiger partial charge >= 0.3 is 0 Å². The molecule has 0 aliphatic rings. The standard InChI is InChI=1S/C12H15FN2/c1-3-9(2)12(8-14)15-11-7-5-4-6-10(11)13/h4-7,9,12,15H,3H2,1-2H3. The molecular weight excluding hydrogens is 191 g/mol. The van der Waals surface area contributed by atoms with Crippen molar-refractivity contribution in [2.45, 2.75) is 26.3 Å². The number of anilines is 1. The minimum absolute atomic E-state index is 0.203. The molecule has 0 radical (unpaired) electrons. The Balaban J connectivity index is 2.76. The van der Waals surface area contributed by atoms with Gasteiger partial charge in [-0.2, -0.15) is 5.26 Å². The van der Waals surface area contributed by atoms with Gasteiger partial charge in [0.15, 0.2) is 0 Å². The van der Waals surface area contributed by atoms with Crippen LogP contribution in [0.5, 0.6) is 0 Å². The molecule has 80 valence electrons. The molecule has 0 fully saturated rings. The molecular formula is C12H15FN2. The summed E-state index contributed by atoms with van der Waals surface area (Å²) in [5.74, 6) is -0.115. The normalized spacial score (nSPS) is 14.0. The van der Waals surface area contributed by atoms with Crippen LogP contribution in [0.1, 0.15) is 20.3 Å². The van der Waals surface area contributed by atoms with Gasteiger partial charge in [0.05, 0.1) is 11.8 Å². The first kappa shape index (κ1) is 11.5. The Morgan fingerprint density at radius 1 is 1.47 bits per heavy atom. The number of nitrogens with one attached hydrogen (secondary N) is 1. The van der Waals surface area contributed by atoms with E-state index in [2.05, 4.69) is 11.4 Å². The summed E-state index contributed by atoms with van der Waals surface area (Å²) in [4.78, 5) is 0. The van der Waals surface area contributed by atoms with Crippen LogP contribution in [0, 0.1) is 23.1 Å². The van der Waals surface area contributed by atoms with E-state index < -0.39 is 0 Å². The van der Waals surface area contributed by atoms with Gasteiger partial charge in [0, 0.05) is 0 Å². The average Bonchev–Trinajstić information content (AvgIpc) is 2.27. The van der Waals surface area contributed by atoms with E-state index in [0.717, 1.165) is 6.42 Å². The smallest absolute Gasteiger partial charge is 0.146 e. The number of nitrogens with zero attached hydrogens (tertiary/aromatic N) is 1. The lowest BCUT2D eigenvalue weighted by molar-refractivity contribution is 0.529. The van der Waals surface area contributed by atoms with Gasteiger partial charge in [0.1, 0.15) is 11.9 Å². The summed E-state index contributed by atoms with van der Waals surface area (Å²) in [6.45, 7) is 3.99. The summed E-state index contributed by atoms with van der Waals surface area (Å²) < 4.78 is 13.3. The number of nitriles is 1. The Labute approximate surface area is 89.7 Å². The average molecular weight is 206 g/mol. The number of benzene rings is 1. The first-order valence-electron chi connectivity index (χ1n) is 5.09. The molecule has 0 saturated carbocycles. The van der Waals surface area contributed by atoms with Gasteiger partial charge in [-0.25, -0.2) is 4.39 Å². The van der Waals surface area contributed by atoms with E-state index in [4.69, 9.17) is 5.26 Å². The van der Waals surface area contributed by atoms with Crippen LogP contribution in [0.25, 0.3) is 0 Å². The van der Waals surface area contributed by atoms with Crippen LogP contribution in [0.15, 0.2) is 24.3 Å². The molecule has 0 bridgehead atoms. The zero-order valence-electron chi connectivity index (χ0n) is 9.00. The molecule has 2 atom stereocenters. The summed E-state index contributed by atoms with van der Waals surface area (Å²) in [5.41, 5.74) is 0.393. The van der Waals surface area contributed by atoms with Crippen molar-refractivity contribution >= 4 is 5.69 Å². The van der Waals surface area contributed by atoms with Crippen LogP contribution in [0.3, 0.4) is 0 Å². The predicted molar refractivity (Wildman–Crippen MR) is 58.9 cm³/mol. The summed E-state index contributed by atoms with van der Waals surface area (Å²) in [5, 5.41) is 11.9. The summed E-state index contributed by atoms with van der Waals surface area (Å²) in [7, 11) is 0. The van der Waals surface area contributed by atoms with E-state index in [1.807, 2.05) is 13.8 Å². The number of hydrogen-bond donors (Lipinski definition) is 1. The van der Waals surface area contributed by atoms with Gasteiger partial charge < -0.3 is 5.32 Å². The van der Waals surface area contributed by atoms with Gasteiger partial charge in [-0.3, -0.25) is 0 Å². The topological polar surface area (TPSA) is 35.8 Å². The lowest BCUT2D eigenvalue weighted by Crippen LogP contribution is -2.25. The van der Waals surface area contributed by atoms with Gasteiger partial charge in [-0.15, -0.1) is 0 Å². The highest BCUT2D eigenvalue weighted by Crippen LogP contribution is 2.17. The van der Waals surface area contributed by atoms with Crippen LogP contribution < -0.4 is 5.32 Å². The Morgan fingerprint density at radius 3 is 2.67 bits per heavy atom. The zero-order chi connectivity index (χ0) is 11.3. The molecule has 0 aromatic heterocycles. The molecule has 1 rings (SSSR count). The monoisotopic (exact) mass is 206 g/mol. The summed E-state index contributed by atoms with van der Waals surface area (Å²) in [6.07, 6.45) is 0.889. The highest BCUT2D eigenvalue weighted by atomic mass is 19.1. The number of halogens is 1. The number of rotatable bonds is 4. The Bertz CT molecular complexity index is 357. The molecule has 0 heterocycles. The lowest BCUT2D eigenvalue weighted by atomic mass is 10.0. The minimum Gasteiger partial charge on any atom is -0.367 e. The van der Waals surface area contributed by atoms with E-state index >= 15 is 0 Å². The molecule has 1 N–H and O–H groups in total. The molecule has 0 spiro atoms. The second-order valence-electron chi connectivity index (χ2n) is 3.62. The van der Waals surface area contributed by atoms with Gasteiger partial charge in [0.25, 0.3) is 0 Å². The Kier molecular flexibility index (Phi) is 4.11. The first-order chi connectivity index (χ1) is 7.19. The van der Waals surface area contributed by atoms with Crippen molar-refractivity contribution in [3.05, 3.63) is 30.1 Å². The second-order valence-corrected chi connectivity index (χ2v) is 3.62. The fourth-order valence-electron chi connectivity index (χ4n) is 1.28. The molecule has 0 aliphatic carbocycles. The van der Waals surface area contributed by atoms with Crippen molar-refractivity contribution in [2.75, 3.05) is 5.32 Å². The van der Waals surface area contributed by atoms with E-state index in [1.165, 1.54) is 6.07 Å². The second kappa shape index (κ2) is 5.35. The molecule has 1 aromatic carbocycles. The third kappa shape index (κ3) is 2.95. The maximum Gasteiger partial charge on any atom is 0.146 e. The molecule has 15 heavy (non-hydrogen) atoms. The van der Waals surface area contributed by atoms with E-state index in [0.29, 0.717) is 5.69 Å². The van der Waals surface area contributed by atoms with Crippen LogP contribution in [-0.2, 0) is 0 Å². The van der Waals surface area contributed by atoms with E-state index in [-0.39, 0.29) is 17.8 Å². The van der Waals surface area contributed by atoms with Crippen molar-refractivity contribution in [3.63, 3.8) is 0 Å². The van der Waals surface area contributed by atoms with Crippen molar-refractivity contribution in [1.29, 1.82) is 5.26 Å². The highest BCUT2D eigenvalue weighted by molar-refractivity contribution is 5.46. The van der Waals surface area contributed by atoms with E-state index in [9.17, 15) is 4.39 Å². The van der Waals surface area contributed by atoms with E-state index in [1.54, 1.807) is 18.2 Å². The summed E-state index contributed by atoms with van der Waals surface area (Å²) in [6, 6.07) is 8.21. The predicted octanol–water partition coefficient (Wildman–Crippen LogP) is 3.18. The van der Waals surface area contributed by atoms with Gasteiger partial charge in [0.2, 0.25) is 0 Å². The maximum atomic E-state index is 13.3. The van der Waals surface area contributed by atoms with Gasteiger partial charge in [-0.05, 0) is 18.1 Å². The largest absolute Gasteiger partial charge is 0.367 e. The molecule has 2 nitrogen and oxygen atoms in total. The molecule has 2 unspecified atom stereocenters. The molecule has 0 saturated heterocycles. The van der Waals surface area contributed by atoms with Crippen LogP contribution in [0.2, 0.25) is 0 Å². The Morgan fingerprint density at radius 2 is 2.13 bits per heavy atom. The quantitative estimate of drug-likeness (QED) is 0.821. The zero-order valence-corrected chi connectivity index (χ0v) is 9.00. The highest BCUT2D eigenvalue weighted by Gasteiger charge is 2.15. The molecule has 1 aromatic rings.